The maximum atomic E-state index is 12.3. The van der Waals surface area contributed by atoms with Crippen molar-refractivity contribution < 1.29 is 14.3 Å². The zero-order valence-corrected chi connectivity index (χ0v) is 19.1. The van der Waals surface area contributed by atoms with Gasteiger partial charge in [-0.15, -0.1) is 0 Å². The second-order valence-electron chi connectivity index (χ2n) is 10.3. The van der Waals surface area contributed by atoms with E-state index in [2.05, 4.69) is 38.2 Å². The van der Waals surface area contributed by atoms with Gasteiger partial charge in [-0.3, -0.25) is 5.32 Å². The number of fused-ring (bicyclic) bond motifs is 2. The molecule has 1 spiro atoms. The van der Waals surface area contributed by atoms with E-state index in [0.29, 0.717) is 12.5 Å². The van der Waals surface area contributed by atoms with Crippen LogP contribution in [0.15, 0.2) is 58.7 Å². The summed E-state index contributed by atoms with van der Waals surface area (Å²) in [5.74, 6) is 0.574. The first-order valence-corrected chi connectivity index (χ1v) is 11.6. The molecule has 5 rings (SSSR count). The predicted octanol–water partition coefficient (Wildman–Crippen LogP) is 6.48. The Kier molecular flexibility index (Phi) is 4.89. The van der Waals surface area contributed by atoms with Gasteiger partial charge in [0.05, 0.1) is 6.10 Å². The molecule has 3 aliphatic carbocycles. The standard InChI is InChI=1S/C27H33NO3/c1-17(2)21-10-11-26(4)12-13-27-22(24(21)26)9-8-19(15-23(27)31-27)16-30-25(29)28-20-7-5-6-18(3)14-20/h5-9,14,17,23H,10-13,15-16H2,1-4H3,(H,28,29)/t23-,26+,27-/m0/s1. The number of rotatable bonds is 4. The lowest BCUT2D eigenvalue weighted by molar-refractivity contribution is 0.170. The fourth-order valence-electron chi connectivity index (χ4n) is 5.94. The number of carbonyl (C=O) groups excluding carboxylic acids is 1. The van der Waals surface area contributed by atoms with Crippen molar-refractivity contribution in [2.75, 3.05) is 11.9 Å². The molecular formula is C27H33NO3. The second-order valence-corrected chi connectivity index (χ2v) is 10.3. The van der Waals surface area contributed by atoms with Crippen LogP contribution >= 0.6 is 0 Å². The summed E-state index contributed by atoms with van der Waals surface area (Å²) in [6.45, 7) is 9.38. The SMILES string of the molecule is Cc1cccc(NC(=O)OCC2=CC=C3C4=C(C(C)C)CC[C@]4(C)CC[C@]34O[C@H]4C2)c1. The van der Waals surface area contributed by atoms with E-state index in [1.54, 1.807) is 11.1 Å². The van der Waals surface area contributed by atoms with Gasteiger partial charge in [-0.05, 0) is 78.4 Å². The van der Waals surface area contributed by atoms with Crippen LogP contribution in [-0.4, -0.2) is 24.4 Å². The normalized spacial score (nSPS) is 31.2. The molecule has 1 saturated heterocycles. The Morgan fingerprint density at radius 1 is 1.26 bits per heavy atom. The van der Waals surface area contributed by atoms with Gasteiger partial charge in [0.15, 0.2) is 0 Å². The van der Waals surface area contributed by atoms with Gasteiger partial charge < -0.3 is 9.47 Å². The minimum atomic E-state index is -0.416. The molecule has 1 amide bonds. The van der Waals surface area contributed by atoms with Gasteiger partial charge in [0, 0.05) is 12.1 Å². The van der Waals surface area contributed by atoms with Crippen LogP contribution in [-0.2, 0) is 9.47 Å². The van der Waals surface area contributed by atoms with E-state index in [0.717, 1.165) is 29.7 Å². The largest absolute Gasteiger partial charge is 0.445 e. The van der Waals surface area contributed by atoms with Crippen molar-refractivity contribution in [2.45, 2.75) is 71.5 Å². The third-order valence-electron chi connectivity index (χ3n) is 7.74. The molecule has 1 heterocycles. The fraction of sp³-hybridized carbons (Fsp3) is 0.519. The predicted molar refractivity (Wildman–Crippen MR) is 123 cm³/mol. The van der Waals surface area contributed by atoms with Gasteiger partial charge in [-0.2, -0.15) is 0 Å². The second kappa shape index (κ2) is 7.37. The molecular weight excluding hydrogens is 386 g/mol. The molecule has 2 fully saturated rings. The molecule has 3 atom stereocenters. The third kappa shape index (κ3) is 3.55. The number of nitrogens with one attached hydrogen (secondary N) is 1. The van der Waals surface area contributed by atoms with Gasteiger partial charge in [0.1, 0.15) is 12.2 Å². The lowest BCUT2D eigenvalue weighted by Crippen LogP contribution is -2.34. The highest BCUT2D eigenvalue weighted by Gasteiger charge is 2.64. The summed E-state index contributed by atoms with van der Waals surface area (Å²) >= 11 is 0. The summed E-state index contributed by atoms with van der Waals surface area (Å²) in [5.41, 5.74) is 7.76. The monoisotopic (exact) mass is 419 g/mol. The van der Waals surface area contributed by atoms with Crippen LogP contribution in [0.4, 0.5) is 10.5 Å². The number of benzene rings is 1. The molecule has 1 aromatic rings. The lowest BCUT2D eigenvalue weighted by Gasteiger charge is -2.39. The number of aryl methyl sites for hydroxylation is 1. The summed E-state index contributed by atoms with van der Waals surface area (Å²) < 4.78 is 11.9. The first-order chi connectivity index (χ1) is 14.8. The molecule has 0 aromatic heterocycles. The summed E-state index contributed by atoms with van der Waals surface area (Å²) in [6, 6.07) is 7.73. The first-order valence-electron chi connectivity index (χ1n) is 11.6. The highest BCUT2D eigenvalue weighted by Crippen LogP contribution is 2.65. The summed E-state index contributed by atoms with van der Waals surface area (Å²) in [5, 5.41) is 2.82. The minimum absolute atomic E-state index is 0.110. The number of allylic oxidation sites excluding steroid dienone is 3. The molecule has 4 heteroatoms. The van der Waals surface area contributed by atoms with Crippen LogP contribution in [0, 0.1) is 18.3 Å². The molecule has 1 aromatic carbocycles. The number of carbonyl (C=O) groups is 1. The zero-order valence-electron chi connectivity index (χ0n) is 19.1. The minimum Gasteiger partial charge on any atom is -0.445 e. The first kappa shape index (κ1) is 20.6. The summed E-state index contributed by atoms with van der Waals surface area (Å²) in [6.07, 6.45) is 9.86. The Labute approximate surface area is 185 Å². The summed E-state index contributed by atoms with van der Waals surface area (Å²) in [7, 11) is 0. The molecule has 0 unspecified atom stereocenters. The van der Waals surface area contributed by atoms with Gasteiger partial charge in [-0.1, -0.05) is 50.6 Å². The smallest absolute Gasteiger partial charge is 0.411 e. The van der Waals surface area contributed by atoms with Gasteiger partial charge in [-0.25, -0.2) is 4.79 Å². The average molecular weight is 420 g/mol. The zero-order chi connectivity index (χ0) is 21.8. The number of hydrogen-bond acceptors (Lipinski definition) is 3. The highest BCUT2D eigenvalue weighted by atomic mass is 16.6. The number of hydrogen-bond donors (Lipinski definition) is 1. The van der Waals surface area contributed by atoms with E-state index in [1.165, 1.54) is 24.8 Å². The van der Waals surface area contributed by atoms with Crippen LogP contribution in [0.2, 0.25) is 0 Å². The molecule has 1 aliphatic heterocycles. The van der Waals surface area contributed by atoms with Crippen LogP contribution in [0.5, 0.6) is 0 Å². The molecule has 1 saturated carbocycles. The van der Waals surface area contributed by atoms with E-state index < -0.39 is 6.09 Å². The van der Waals surface area contributed by atoms with Crippen molar-refractivity contribution >= 4 is 11.8 Å². The summed E-state index contributed by atoms with van der Waals surface area (Å²) in [4.78, 5) is 12.3. The maximum Gasteiger partial charge on any atom is 0.411 e. The van der Waals surface area contributed by atoms with Crippen molar-refractivity contribution in [1.82, 2.24) is 0 Å². The van der Waals surface area contributed by atoms with Crippen molar-refractivity contribution in [3.63, 3.8) is 0 Å². The van der Waals surface area contributed by atoms with E-state index in [4.69, 9.17) is 9.47 Å². The number of ether oxygens (including phenoxy) is 2. The van der Waals surface area contributed by atoms with Crippen molar-refractivity contribution in [2.24, 2.45) is 11.3 Å². The Balaban J connectivity index is 1.33. The van der Waals surface area contributed by atoms with Gasteiger partial charge in [0.25, 0.3) is 0 Å². The Morgan fingerprint density at radius 3 is 2.87 bits per heavy atom. The Morgan fingerprint density at radius 2 is 2.10 bits per heavy atom. The van der Waals surface area contributed by atoms with Crippen LogP contribution in [0.1, 0.15) is 58.4 Å². The highest BCUT2D eigenvalue weighted by molar-refractivity contribution is 5.84. The van der Waals surface area contributed by atoms with E-state index in [9.17, 15) is 4.79 Å². The molecule has 164 valence electrons. The topological polar surface area (TPSA) is 50.9 Å². The van der Waals surface area contributed by atoms with Gasteiger partial charge in [0.2, 0.25) is 0 Å². The van der Waals surface area contributed by atoms with E-state index in [-0.39, 0.29) is 17.1 Å². The fourth-order valence-corrected chi connectivity index (χ4v) is 5.94. The Bertz CT molecular complexity index is 1020. The van der Waals surface area contributed by atoms with Crippen LogP contribution < -0.4 is 5.32 Å². The lowest BCUT2D eigenvalue weighted by atomic mass is 9.64. The average Bonchev–Trinajstić information content (AvgIpc) is 3.31. The Hall–Kier alpha value is -2.33. The molecule has 1 N–H and O–H groups in total. The molecule has 4 nitrogen and oxygen atoms in total. The third-order valence-corrected chi connectivity index (χ3v) is 7.74. The van der Waals surface area contributed by atoms with Gasteiger partial charge >= 0.3 is 6.09 Å². The molecule has 31 heavy (non-hydrogen) atoms. The quantitative estimate of drug-likeness (QED) is 0.568. The number of anilines is 1. The van der Waals surface area contributed by atoms with Crippen molar-refractivity contribution in [3.8, 4) is 0 Å². The number of amides is 1. The van der Waals surface area contributed by atoms with Crippen molar-refractivity contribution in [3.05, 3.63) is 64.3 Å². The van der Waals surface area contributed by atoms with E-state index >= 15 is 0 Å². The van der Waals surface area contributed by atoms with Crippen LogP contribution in [0.3, 0.4) is 0 Å². The van der Waals surface area contributed by atoms with Crippen LogP contribution in [0.25, 0.3) is 0 Å². The molecule has 0 bridgehead atoms. The molecule has 0 radical (unpaired) electrons. The maximum absolute atomic E-state index is 12.3. The van der Waals surface area contributed by atoms with Crippen molar-refractivity contribution in [1.29, 1.82) is 0 Å². The number of epoxide rings is 1. The van der Waals surface area contributed by atoms with E-state index in [1.807, 2.05) is 31.2 Å². The molecule has 4 aliphatic rings.